The third kappa shape index (κ3) is 4.99. The van der Waals surface area contributed by atoms with E-state index in [1.165, 1.54) is 18.2 Å². The number of pyridine rings is 1. The highest BCUT2D eigenvalue weighted by atomic mass is 32.2. The van der Waals surface area contributed by atoms with Crippen molar-refractivity contribution in [2.75, 3.05) is 0 Å². The minimum atomic E-state index is -4.46. The smallest absolute Gasteiger partial charge is 0.417 e. The Morgan fingerprint density at radius 3 is 2.29 bits per heavy atom. The van der Waals surface area contributed by atoms with Crippen LogP contribution in [-0.4, -0.2) is 25.5 Å². The Balaban J connectivity index is 1.54. The predicted molar refractivity (Wildman–Crippen MR) is 92.6 cm³/mol. The van der Waals surface area contributed by atoms with Gasteiger partial charge in [0.2, 0.25) is 15.9 Å². The van der Waals surface area contributed by atoms with Crippen LogP contribution >= 0.6 is 0 Å². The molecule has 1 heterocycles. The maximum atomic E-state index is 13.7. The van der Waals surface area contributed by atoms with Gasteiger partial charge in [-0.25, -0.2) is 22.5 Å². The number of halogens is 4. The van der Waals surface area contributed by atoms with E-state index in [-0.39, 0.29) is 18.0 Å². The lowest BCUT2D eigenvalue weighted by molar-refractivity contribution is -0.137. The zero-order chi connectivity index (χ0) is 20.4. The van der Waals surface area contributed by atoms with Gasteiger partial charge in [-0.3, -0.25) is 0 Å². The van der Waals surface area contributed by atoms with Gasteiger partial charge in [-0.15, -0.1) is 0 Å². The van der Waals surface area contributed by atoms with Gasteiger partial charge in [-0.1, -0.05) is 12.1 Å². The Labute approximate surface area is 159 Å². The number of benzene rings is 1. The summed E-state index contributed by atoms with van der Waals surface area (Å²) in [5.74, 6) is -0.733. The van der Waals surface area contributed by atoms with E-state index in [2.05, 4.69) is 9.71 Å². The molecular formula is C18H18F4N2O3S. The number of aromatic nitrogens is 1. The quantitative estimate of drug-likeness (QED) is 0.748. The molecule has 0 aliphatic heterocycles. The predicted octanol–water partition coefficient (Wildman–Crippen LogP) is 3.91. The van der Waals surface area contributed by atoms with Crippen molar-refractivity contribution in [1.82, 2.24) is 9.71 Å². The molecule has 28 heavy (non-hydrogen) atoms. The fraction of sp³-hybridized carbons (Fsp3) is 0.389. The monoisotopic (exact) mass is 418 g/mol. The first-order chi connectivity index (χ1) is 13.1. The van der Waals surface area contributed by atoms with Crippen molar-refractivity contribution in [1.29, 1.82) is 0 Å². The number of nitrogens with one attached hydrogen (secondary N) is 1. The minimum absolute atomic E-state index is 0.0865. The number of ether oxygens (including phenoxy) is 1. The normalized spacial score (nSPS) is 20.7. The molecule has 1 fully saturated rings. The summed E-state index contributed by atoms with van der Waals surface area (Å²) < 4.78 is 84.1. The molecule has 1 aromatic heterocycles. The number of rotatable bonds is 5. The molecule has 2 aromatic rings. The first-order valence-electron chi connectivity index (χ1n) is 8.62. The van der Waals surface area contributed by atoms with Crippen LogP contribution in [0.25, 0.3) is 0 Å². The summed E-state index contributed by atoms with van der Waals surface area (Å²) in [6.45, 7) is 0. The third-order valence-electron chi connectivity index (χ3n) is 4.47. The fourth-order valence-corrected chi connectivity index (χ4v) is 4.42. The van der Waals surface area contributed by atoms with Crippen LogP contribution in [0.1, 0.15) is 31.2 Å². The van der Waals surface area contributed by atoms with Crippen molar-refractivity contribution < 1.29 is 30.7 Å². The maximum absolute atomic E-state index is 13.7. The van der Waals surface area contributed by atoms with Gasteiger partial charge in [0.15, 0.2) is 0 Å². The number of hydrogen-bond acceptors (Lipinski definition) is 4. The Morgan fingerprint density at radius 1 is 1.04 bits per heavy atom. The molecule has 0 spiro atoms. The van der Waals surface area contributed by atoms with Crippen molar-refractivity contribution in [3.05, 3.63) is 54.0 Å². The van der Waals surface area contributed by atoms with Crippen LogP contribution in [0.2, 0.25) is 0 Å². The summed E-state index contributed by atoms with van der Waals surface area (Å²) in [6, 6.07) is 6.82. The average molecular weight is 418 g/mol. The number of sulfonamides is 1. The highest BCUT2D eigenvalue weighted by Crippen LogP contribution is 2.30. The number of alkyl halides is 3. The third-order valence-corrected chi connectivity index (χ3v) is 6.03. The fourth-order valence-electron chi connectivity index (χ4n) is 3.03. The average Bonchev–Trinajstić information content (AvgIpc) is 2.63. The highest BCUT2D eigenvalue weighted by Gasteiger charge is 2.31. The van der Waals surface area contributed by atoms with E-state index in [1.54, 1.807) is 0 Å². The second-order valence-electron chi connectivity index (χ2n) is 6.53. The molecule has 5 nitrogen and oxygen atoms in total. The van der Waals surface area contributed by atoms with Crippen molar-refractivity contribution in [2.45, 2.75) is 48.9 Å². The van der Waals surface area contributed by atoms with E-state index in [0.29, 0.717) is 31.9 Å². The molecule has 0 amide bonds. The van der Waals surface area contributed by atoms with E-state index < -0.39 is 32.5 Å². The summed E-state index contributed by atoms with van der Waals surface area (Å²) in [4.78, 5) is 3.27. The van der Waals surface area contributed by atoms with Crippen LogP contribution in [-0.2, 0) is 16.2 Å². The zero-order valence-electron chi connectivity index (χ0n) is 14.6. The van der Waals surface area contributed by atoms with Crippen LogP contribution in [0, 0.1) is 5.82 Å². The molecule has 0 saturated heterocycles. The van der Waals surface area contributed by atoms with Gasteiger partial charge in [0, 0.05) is 18.3 Å². The molecule has 3 rings (SSSR count). The van der Waals surface area contributed by atoms with Crippen LogP contribution in [0.5, 0.6) is 5.88 Å². The van der Waals surface area contributed by atoms with Gasteiger partial charge >= 0.3 is 6.18 Å². The van der Waals surface area contributed by atoms with E-state index >= 15 is 0 Å². The Kier molecular flexibility index (Phi) is 5.90. The molecule has 10 heteroatoms. The van der Waals surface area contributed by atoms with E-state index in [4.69, 9.17) is 4.74 Å². The van der Waals surface area contributed by atoms with Crippen LogP contribution < -0.4 is 9.46 Å². The van der Waals surface area contributed by atoms with E-state index in [0.717, 1.165) is 18.2 Å². The van der Waals surface area contributed by atoms with Gasteiger partial charge in [-0.2, -0.15) is 13.2 Å². The molecule has 1 N–H and O–H groups in total. The molecular weight excluding hydrogens is 400 g/mol. The Morgan fingerprint density at radius 2 is 1.71 bits per heavy atom. The lowest BCUT2D eigenvalue weighted by Gasteiger charge is -2.29. The topological polar surface area (TPSA) is 68.3 Å². The summed E-state index contributed by atoms with van der Waals surface area (Å²) >= 11 is 0. The second kappa shape index (κ2) is 8.04. The summed E-state index contributed by atoms with van der Waals surface area (Å²) in [6.07, 6.45) is -2.13. The molecule has 0 unspecified atom stereocenters. The van der Waals surface area contributed by atoms with Crippen LogP contribution in [0.3, 0.4) is 0 Å². The zero-order valence-corrected chi connectivity index (χ0v) is 15.4. The molecule has 1 saturated carbocycles. The lowest BCUT2D eigenvalue weighted by atomic mass is 9.94. The van der Waals surface area contributed by atoms with Crippen molar-refractivity contribution in [3.63, 3.8) is 0 Å². The SMILES string of the molecule is O=S(=O)(NC1CCC(Oc2ccc(C(F)(F)F)cn2)CC1)c1ccccc1F. The summed E-state index contributed by atoms with van der Waals surface area (Å²) in [7, 11) is -3.97. The van der Waals surface area contributed by atoms with Crippen LogP contribution in [0.15, 0.2) is 47.5 Å². The van der Waals surface area contributed by atoms with Gasteiger partial charge in [0.1, 0.15) is 16.8 Å². The lowest BCUT2D eigenvalue weighted by Crippen LogP contribution is -2.40. The summed E-state index contributed by atoms with van der Waals surface area (Å²) in [5.41, 5.74) is -0.855. The van der Waals surface area contributed by atoms with Gasteiger partial charge in [-0.05, 0) is 43.9 Å². The molecule has 152 valence electrons. The van der Waals surface area contributed by atoms with Gasteiger partial charge in [0.05, 0.1) is 5.56 Å². The van der Waals surface area contributed by atoms with Crippen molar-refractivity contribution in [3.8, 4) is 5.88 Å². The first-order valence-corrected chi connectivity index (χ1v) is 10.1. The van der Waals surface area contributed by atoms with Gasteiger partial charge in [0.25, 0.3) is 0 Å². The van der Waals surface area contributed by atoms with E-state index in [9.17, 15) is 26.0 Å². The molecule has 0 bridgehead atoms. The first kappa shape index (κ1) is 20.5. The molecule has 0 atom stereocenters. The van der Waals surface area contributed by atoms with Gasteiger partial charge < -0.3 is 4.74 Å². The van der Waals surface area contributed by atoms with E-state index in [1.807, 2.05) is 0 Å². The maximum Gasteiger partial charge on any atom is 0.417 e. The Hall–Kier alpha value is -2.20. The van der Waals surface area contributed by atoms with Crippen molar-refractivity contribution >= 4 is 10.0 Å². The number of hydrogen-bond donors (Lipinski definition) is 1. The molecule has 1 aliphatic rings. The van der Waals surface area contributed by atoms with Crippen LogP contribution in [0.4, 0.5) is 17.6 Å². The largest absolute Gasteiger partial charge is 0.474 e. The highest BCUT2D eigenvalue weighted by molar-refractivity contribution is 7.89. The minimum Gasteiger partial charge on any atom is -0.474 e. The number of nitrogens with zero attached hydrogens (tertiary/aromatic N) is 1. The van der Waals surface area contributed by atoms with Crippen molar-refractivity contribution in [2.24, 2.45) is 0 Å². The molecule has 0 radical (unpaired) electrons. The second-order valence-corrected chi connectivity index (χ2v) is 8.21. The molecule has 1 aliphatic carbocycles. The standard InChI is InChI=1S/C18H18F4N2O3S/c19-15-3-1-2-4-16(15)28(25,26)24-13-6-8-14(9-7-13)27-17-10-5-12(11-23-17)18(20,21)22/h1-5,10-11,13-14,24H,6-9H2. The Bertz CT molecular complexity index is 909. The molecule has 1 aromatic carbocycles. The summed E-state index contributed by atoms with van der Waals surface area (Å²) in [5, 5.41) is 0.